The number of aromatic nitrogens is 1. The number of rotatable bonds is 4. The molecule has 0 aliphatic rings. The number of fused-ring (bicyclic) bond motifs is 1. The molecule has 1 aromatic carbocycles. The van der Waals surface area contributed by atoms with E-state index in [-0.39, 0.29) is 5.78 Å². The Morgan fingerprint density at radius 3 is 2.13 bits per heavy atom. The van der Waals surface area contributed by atoms with Crippen molar-refractivity contribution in [3.8, 4) is 11.5 Å². The van der Waals surface area contributed by atoms with Gasteiger partial charge in [-0.2, -0.15) is 0 Å². The first-order valence-corrected chi connectivity index (χ1v) is 10.7. The van der Waals surface area contributed by atoms with Crippen LogP contribution in [0, 0.1) is 11.5 Å². The molecule has 122 valence electrons. The smallest absolute Gasteiger partial charge is 0.237 e. The van der Waals surface area contributed by atoms with E-state index < -0.39 is 8.07 Å². The van der Waals surface area contributed by atoms with Crippen LogP contribution in [0.4, 0.5) is 0 Å². The maximum absolute atomic E-state index is 12.7. The van der Waals surface area contributed by atoms with Crippen LogP contribution in [0.5, 0.6) is 0 Å². The van der Waals surface area contributed by atoms with E-state index in [2.05, 4.69) is 58.0 Å². The molecule has 2 rings (SSSR count). The third-order valence-corrected chi connectivity index (χ3v) is 11.4. The van der Waals surface area contributed by atoms with Crippen molar-refractivity contribution in [2.45, 2.75) is 58.2 Å². The van der Waals surface area contributed by atoms with Gasteiger partial charge in [0.1, 0.15) is 8.07 Å². The van der Waals surface area contributed by atoms with Crippen LogP contribution in [0.3, 0.4) is 0 Å². The maximum atomic E-state index is 12.7. The fraction of sp³-hybridized carbons (Fsp3) is 0.450. The van der Waals surface area contributed by atoms with E-state index in [1.54, 1.807) is 6.20 Å². The molecule has 3 heteroatoms. The van der Waals surface area contributed by atoms with Gasteiger partial charge in [-0.15, -0.1) is 5.54 Å². The Labute approximate surface area is 140 Å². The molecule has 0 amide bonds. The van der Waals surface area contributed by atoms with Crippen LogP contribution >= 0.6 is 0 Å². The Bertz CT molecular complexity index is 737. The molecule has 0 atom stereocenters. The summed E-state index contributed by atoms with van der Waals surface area (Å²) < 4.78 is 0. The molecule has 23 heavy (non-hydrogen) atoms. The van der Waals surface area contributed by atoms with E-state index in [9.17, 15) is 4.79 Å². The molecular weight excluding hydrogens is 298 g/mol. The van der Waals surface area contributed by atoms with Gasteiger partial charge in [-0.3, -0.25) is 4.79 Å². The van der Waals surface area contributed by atoms with Crippen molar-refractivity contribution in [3.63, 3.8) is 0 Å². The summed E-state index contributed by atoms with van der Waals surface area (Å²) in [4.78, 5) is 15.8. The normalized spacial score (nSPS) is 12.0. The summed E-state index contributed by atoms with van der Waals surface area (Å²) in [6.07, 6.45) is 1.78. The van der Waals surface area contributed by atoms with Gasteiger partial charge < -0.3 is 4.98 Å². The number of H-pyrrole nitrogens is 1. The van der Waals surface area contributed by atoms with Crippen molar-refractivity contribution in [1.29, 1.82) is 0 Å². The molecule has 0 unspecified atom stereocenters. The van der Waals surface area contributed by atoms with Crippen LogP contribution < -0.4 is 0 Å². The predicted octanol–water partition coefficient (Wildman–Crippen LogP) is 5.57. The largest absolute Gasteiger partial charge is 0.360 e. The molecule has 0 fully saturated rings. The van der Waals surface area contributed by atoms with E-state index in [1.807, 2.05) is 24.3 Å². The highest BCUT2D eigenvalue weighted by Gasteiger charge is 2.41. The number of carbonyl (C=O) groups is 1. The van der Waals surface area contributed by atoms with Gasteiger partial charge in [0.2, 0.25) is 5.78 Å². The van der Waals surface area contributed by atoms with E-state index in [0.29, 0.717) is 22.2 Å². The van der Waals surface area contributed by atoms with Crippen molar-refractivity contribution < 1.29 is 4.79 Å². The zero-order valence-corrected chi connectivity index (χ0v) is 16.0. The number of Topliss-reactive ketones (excluding diaryl/α,β-unsaturated/α-hetero) is 1. The van der Waals surface area contributed by atoms with E-state index in [4.69, 9.17) is 0 Å². The molecule has 1 aromatic heterocycles. The van der Waals surface area contributed by atoms with Crippen LogP contribution in [-0.2, 0) is 0 Å². The van der Waals surface area contributed by atoms with Gasteiger partial charge in [-0.1, -0.05) is 59.7 Å². The van der Waals surface area contributed by atoms with Gasteiger partial charge in [0.25, 0.3) is 0 Å². The van der Waals surface area contributed by atoms with E-state index in [1.165, 1.54) is 0 Å². The van der Waals surface area contributed by atoms with Crippen molar-refractivity contribution >= 4 is 24.8 Å². The predicted molar refractivity (Wildman–Crippen MR) is 101 cm³/mol. The first kappa shape index (κ1) is 17.6. The minimum Gasteiger partial charge on any atom is -0.360 e. The first-order chi connectivity index (χ1) is 10.8. The summed E-state index contributed by atoms with van der Waals surface area (Å²) >= 11 is 0. The third kappa shape index (κ3) is 3.14. The topological polar surface area (TPSA) is 32.9 Å². The molecule has 0 spiro atoms. The van der Waals surface area contributed by atoms with Gasteiger partial charge in [0.05, 0.1) is 5.56 Å². The lowest BCUT2D eigenvalue weighted by atomic mass is 10.1. The summed E-state index contributed by atoms with van der Waals surface area (Å²) in [7, 11) is -1.86. The molecule has 0 radical (unpaired) electrons. The van der Waals surface area contributed by atoms with E-state index in [0.717, 1.165) is 10.9 Å². The number of hydrogen-bond donors (Lipinski definition) is 1. The SMILES string of the molecule is CC(C)[Si](C#CC(=O)c1c[nH]c2ccccc12)(C(C)C)C(C)C. The molecule has 0 bridgehead atoms. The lowest BCUT2D eigenvalue weighted by Gasteiger charge is -2.37. The van der Waals surface area contributed by atoms with Gasteiger partial charge in [-0.25, -0.2) is 0 Å². The number of ketones is 1. The number of carbonyl (C=O) groups excluding carboxylic acids is 1. The molecule has 2 aromatic rings. The lowest BCUT2D eigenvalue weighted by molar-refractivity contribution is 0.105. The summed E-state index contributed by atoms with van der Waals surface area (Å²) in [5.41, 5.74) is 6.78. The number of nitrogens with one attached hydrogen (secondary N) is 1. The molecule has 1 heterocycles. The highest BCUT2D eigenvalue weighted by molar-refractivity contribution is 6.90. The van der Waals surface area contributed by atoms with Crippen molar-refractivity contribution in [2.24, 2.45) is 0 Å². The van der Waals surface area contributed by atoms with Crippen LogP contribution in [0.2, 0.25) is 16.6 Å². The highest BCUT2D eigenvalue weighted by atomic mass is 28.3. The Morgan fingerprint density at radius 1 is 1.00 bits per heavy atom. The molecule has 0 saturated heterocycles. The molecule has 0 saturated carbocycles. The Morgan fingerprint density at radius 2 is 1.57 bits per heavy atom. The van der Waals surface area contributed by atoms with Crippen LogP contribution in [0.1, 0.15) is 51.9 Å². The highest BCUT2D eigenvalue weighted by Crippen LogP contribution is 2.40. The fourth-order valence-corrected chi connectivity index (χ4v) is 9.12. The second-order valence-electron chi connectivity index (χ2n) is 7.22. The zero-order valence-electron chi connectivity index (χ0n) is 15.0. The number of aromatic amines is 1. The maximum Gasteiger partial charge on any atom is 0.237 e. The third-order valence-electron chi connectivity index (χ3n) is 5.09. The van der Waals surface area contributed by atoms with Crippen molar-refractivity contribution in [2.75, 3.05) is 0 Å². The molecule has 0 aliphatic carbocycles. The Kier molecular flexibility index (Phi) is 5.16. The molecular formula is C20H27NOSi. The molecule has 2 nitrogen and oxygen atoms in total. The van der Waals surface area contributed by atoms with Crippen molar-refractivity contribution in [3.05, 3.63) is 36.0 Å². The van der Waals surface area contributed by atoms with E-state index >= 15 is 0 Å². The number of benzene rings is 1. The van der Waals surface area contributed by atoms with Gasteiger partial charge in [0.15, 0.2) is 0 Å². The standard InChI is InChI=1S/C20H27NOSi/c1-14(2)23(15(3)4,16(5)6)12-11-20(22)18-13-21-19-10-8-7-9-17(18)19/h7-10,13-16,21H,1-6H3. The lowest BCUT2D eigenvalue weighted by Crippen LogP contribution is -2.43. The minimum absolute atomic E-state index is 0.0683. The van der Waals surface area contributed by atoms with Crippen LogP contribution in [0.15, 0.2) is 30.5 Å². The summed E-state index contributed by atoms with van der Waals surface area (Å²) in [6, 6.07) is 7.87. The number of hydrogen-bond acceptors (Lipinski definition) is 1. The molecule has 0 aliphatic heterocycles. The van der Waals surface area contributed by atoms with Crippen LogP contribution in [-0.4, -0.2) is 18.8 Å². The van der Waals surface area contributed by atoms with Gasteiger partial charge in [0, 0.05) is 17.1 Å². The fourth-order valence-electron chi connectivity index (χ4n) is 3.92. The second-order valence-corrected chi connectivity index (χ2v) is 12.8. The average molecular weight is 326 g/mol. The summed E-state index contributed by atoms with van der Waals surface area (Å²) in [5.74, 6) is 2.95. The summed E-state index contributed by atoms with van der Waals surface area (Å²) in [5, 5.41) is 0.956. The van der Waals surface area contributed by atoms with Gasteiger partial charge >= 0.3 is 0 Å². The Balaban J connectivity index is 2.44. The summed E-state index contributed by atoms with van der Waals surface area (Å²) in [6.45, 7) is 13.6. The first-order valence-electron chi connectivity index (χ1n) is 8.44. The average Bonchev–Trinajstić information content (AvgIpc) is 2.90. The second kappa shape index (κ2) is 6.76. The monoisotopic (exact) mass is 325 g/mol. The zero-order chi connectivity index (χ0) is 17.2. The number of para-hydroxylation sites is 1. The Hall–Kier alpha value is -1.79. The van der Waals surface area contributed by atoms with Gasteiger partial charge in [-0.05, 0) is 28.6 Å². The van der Waals surface area contributed by atoms with Crippen LogP contribution in [0.25, 0.3) is 10.9 Å². The molecule has 1 N–H and O–H groups in total. The van der Waals surface area contributed by atoms with Crippen molar-refractivity contribution in [1.82, 2.24) is 4.98 Å². The quantitative estimate of drug-likeness (QED) is 0.445. The minimum atomic E-state index is -1.86.